The van der Waals surface area contributed by atoms with E-state index in [4.69, 9.17) is 0 Å². The lowest BCUT2D eigenvalue weighted by Crippen LogP contribution is -2.49. The monoisotopic (exact) mass is 418 g/mol. The van der Waals surface area contributed by atoms with E-state index in [0.29, 0.717) is 31.5 Å². The molecule has 1 saturated heterocycles. The van der Waals surface area contributed by atoms with Crippen molar-refractivity contribution in [3.8, 4) is 0 Å². The first kappa shape index (κ1) is 20.5. The molecular weight excluding hydrogens is 393 g/mol. The number of halogens is 3. The Bertz CT molecular complexity index is 845. The minimum atomic E-state index is -4.38. The fourth-order valence-corrected chi connectivity index (χ4v) is 3.78. The molecule has 0 spiro atoms. The zero-order chi connectivity index (χ0) is 21.1. The third kappa shape index (κ3) is 5.04. The molecule has 0 bridgehead atoms. The van der Waals surface area contributed by atoms with Crippen molar-refractivity contribution in [3.63, 3.8) is 0 Å². The zero-order valence-corrected chi connectivity index (χ0v) is 16.6. The molecule has 4 rings (SSSR count). The molecule has 2 aliphatic rings. The van der Waals surface area contributed by atoms with Gasteiger partial charge in [0.2, 0.25) is 0 Å². The number of benzene rings is 1. The molecule has 30 heavy (non-hydrogen) atoms. The Morgan fingerprint density at radius 3 is 2.33 bits per heavy atom. The lowest BCUT2D eigenvalue weighted by Gasteiger charge is -2.34. The second kappa shape index (κ2) is 8.53. The van der Waals surface area contributed by atoms with E-state index < -0.39 is 11.7 Å². The van der Waals surface area contributed by atoms with Crippen LogP contribution in [-0.4, -0.2) is 41.1 Å². The number of rotatable bonds is 5. The van der Waals surface area contributed by atoms with Gasteiger partial charge in [-0.3, -0.25) is 0 Å². The van der Waals surface area contributed by atoms with Gasteiger partial charge in [0.05, 0.1) is 5.56 Å². The van der Waals surface area contributed by atoms with E-state index in [1.165, 1.54) is 6.07 Å². The molecule has 2 amide bonds. The minimum Gasteiger partial charge on any atom is -0.356 e. The highest BCUT2D eigenvalue weighted by atomic mass is 19.4. The Balaban J connectivity index is 1.30. The van der Waals surface area contributed by atoms with E-state index >= 15 is 0 Å². The summed E-state index contributed by atoms with van der Waals surface area (Å²) in [5, 5.41) is 3.15. The Kier molecular flexibility index (Phi) is 5.83. The number of piperidine rings is 1. The largest absolute Gasteiger partial charge is 0.417 e. The molecule has 0 atom stereocenters. The van der Waals surface area contributed by atoms with Gasteiger partial charge in [0, 0.05) is 37.9 Å². The Morgan fingerprint density at radius 2 is 1.77 bits per heavy atom. The Labute approximate surface area is 173 Å². The highest BCUT2D eigenvalue weighted by Gasteiger charge is 2.34. The van der Waals surface area contributed by atoms with Gasteiger partial charge in [-0.05, 0) is 43.4 Å². The van der Waals surface area contributed by atoms with Gasteiger partial charge in [-0.2, -0.15) is 13.2 Å². The van der Waals surface area contributed by atoms with Crippen LogP contribution in [0, 0.1) is 0 Å². The van der Waals surface area contributed by atoms with Gasteiger partial charge in [0.25, 0.3) is 0 Å². The molecule has 8 heteroatoms. The summed E-state index contributed by atoms with van der Waals surface area (Å²) < 4.78 is 38.1. The summed E-state index contributed by atoms with van der Waals surface area (Å²) in [4.78, 5) is 20.7. The summed E-state index contributed by atoms with van der Waals surface area (Å²) >= 11 is 0. The van der Waals surface area contributed by atoms with Crippen LogP contribution in [0.5, 0.6) is 0 Å². The quantitative estimate of drug-likeness (QED) is 0.781. The number of amides is 2. The number of carbonyl (C=O) groups is 1. The van der Waals surface area contributed by atoms with Gasteiger partial charge < -0.3 is 15.1 Å². The van der Waals surface area contributed by atoms with Gasteiger partial charge in [0.15, 0.2) is 0 Å². The number of aromatic nitrogens is 1. The molecular formula is C22H25F3N4O. The summed E-state index contributed by atoms with van der Waals surface area (Å²) in [7, 11) is 0. The highest BCUT2D eigenvalue weighted by Crippen LogP contribution is 2.30. The first-order chi connectivity index (χ1) is 14.4. The summed E-state index contributed by atoms with van der Waals surface area (Å²) in [5.41, 5.74) is 0.370. The first-order valence-corrected chi connectivity index (χ1v) is 10.3. The predicted molar refractivity (Wildman–Crippen MR) is 108 cm³/mol. The zero-order valence-electron chi connectivity index (χ0n) is 16.6. The van der Waals surface area contributed by atoms with Crippen LogP contribution in [0.25, 0.3) is 0 Å². The van der Waals surface area contributed by atoms with Gasteiger partial charge >= 0.3 is 12.2 Å². The van der Waals surface area contributed by atoms with E-state index in [2.05, 4.69) is 10.3 Å². The molecule has 2 aromatic rings. The van der Waals surface area contributed by atoms with Crippen molar-refractivity contribution < 1.29 is 18.0 Å². The van der Waals surface area contributed by atoms with Gasteiger partial charge in [-0.15, -0.1) is 0 Å². The molecule has 0 unspecified atom stereocenters. The summed E-state index contributed by atoms with van der Waals surface area (Å²) in [6.45, 7) is 1.89. The van der Waals surface area contributed by atoms with Crippen LogP contribution in [0.4, 0.5) is 23.8 Å². The van der Waals surface area contributed by atoms with Crippen molar-refractivity contribution in [3.05, 3.63) is 59.8 Å². The average molecular weight is 418 g/mol. The SMILES string of the molecule is O=C(NC1CCN(c2ccc(C(F)(F)F)cn2)CC1)N(Cc1ccccc1)C1CC1. The minimum absolute atomic E-state index is 0.0348. The van der Waals surface area contributed by atoms with Crippen LogP contribution in [0.3, 0.4) is 0 Å². The maximum Gasteiger partial charge on any atom is 0.417 e. The normalized spacial score (nSPS) is 17.6. The van der Waals surface area contributed by atoms with Crippen LogP contribution < -0.4 is 10.2 Å². The predicted octanol–water partition coefficient (Wildman–Crippen LogP) is 4.44. The second-order valence-corrected chi connectivity index (χ2v) is 7.96. The van der Waals surface area contributed by atoms with Crippen LogP contribution in [0.15, 0.2) is 48.7 Å². The lowest BCUT2D eigenvalue weighted by molar-refractivity contribution is -0.137. The number of hydrogen-bond donors (Lipinski definition) is 1. The molecule has 5 nitrogen and oxygen atoms in total. The van der Waals surface area contributed by atoms with Crippen molar-refractivity contribution in [1.82, 2.24) is 15.2 Å². The van der Waals surface area contributed by atoms with Crippen molar-refractivity contribution in [2.45, 2.75) is 50.5 Å². The number of alkyl halides is 3. The van der Waals surface area contributed by atoms with E-state index in [-0.39, 0.29) is 12.1 Å². The number of pyridine rings is 1. The Morgan fingerprint density at radius 1 is 1.07 bits per heavy atom. The molecule has 1 saturated carbocycles. The molecule has 1 aliphatic carbocycles. The van der Waals surface area contributed by atoms with Crippen molar-refractivity contribution in [2.24, 2.45) is 0 Å². The average Bonchev–Trinajstić information content (AvgIpc) is 3.58. The van der Waals surface area contributed by atoms with Crippen molar-refractivity contribution in [2.75, 3.05) is 18.0 Å². The molecule has 1 aromatic heterocycles. The van der Waals surface area contributed by atoms with Crippen LogP contribution in [-0.2, 0) is 12.7 Å². The first-order valence-electron chi connectivity index (χ1n) is 10.3. The third-order valence-electron chi connectivity index (χ3n) is 5.67. The number of urea groups is 1. The van der Waals surface area contributed by atoms with Gasteiger partial charge in [0.1, 0.15) is 5.82 Å². The van der Waals surface area contributed by atoms with E-state index in [9.17, 15) is 18.0 Å². The maximum atomic E-state index is 12.9. The fourth-order valence-electron chi connectivity index (χ4n) is 3.78. The molecule has 160 valence electrons. The van der Waals surface area contributed by atoms with Crippen LogP contribution in [0.1, 0.15) is 36.8 Å². The summed E-state index contributed by atoms with van der Waals surface area (Å²) in [6.07, 6.45) is 0.0451. The molecule has 2 heterocycles. The number of carbonyl (C=O) groups excluding carboxylic acids is 1. The molecule has 2 fully saturated rings. The topological polar surface area (TPSA) is 48.5 Å². The molecule has 0 radical (unpaired) electrons. The number of nitrogens with zero attached hydrogens (tertiary/aromatic N) is 3. The maximum absolute atomic E-state index is 12.9. The lowest BCUT2D eigenvalue weighted by atomic mass is 10.1. The van der Waals surface area contributed by atoms with E-state index in [1.807, 2.05) is 40.1 Å². The standard InChI is InChI=1S/C22H25F3N4O/c23-22(24,25)17-6-9-20(26-14-17)28-12-10-18(11-13-28)27-21(30)29(19-7-8-19)15-16-4-2-1-3-5-16/h1-6,9,14,18-19H,7-8,10-13,15H2,(H,27,30). The van der Waals surface area contributed by atoms with Crippen molar-refractivity contribution in [1.29, 1.82) is 0 Å². The smallest absolute Gasteiger partial charge is 0.356 e. The third-order valence-corrected chi connectivity index (χ3v) is 5.67. The van der Waals surface area contributed by atoms with E-state index in [0.717, 1.165) is 43.5 Å². The van der Waals surface area contributed by atoms with Crippen LogP contribution in [0.2, 0.25) is 0 Å². The number of hydrogen-bond acceptors (Lipinski definition) is 3. The van der Waals surface area contributed by atoms with Crippen molar-refractivity contribution >= 4 is 11.8 Å². The molecule has 1 aliphatic heterocycles. The summed E-state index contributed by atoms with van der Waals surface area (Å²) in [6, 6.07) is 12.8. The second-order valence-electron chi connectivity index (χ2n) is 7.96. The fraction of sp³-hybridized carbons (Fsp3) is 0.455. The number of anilines is 1. The highest BCUT2D eigenvalue weighted by molar-refractivity contribution is 5.75. The Hall–Kier alpha value is -2.77. The van der Waals surface area contributed by atoms with Crippen LogP contribution >= 0.6 is 0 Å². The van der Waals surface area contributed by atoms with Gasteiger partial charge in [-0.25, -0.2) is 9.78 Å². The van der Waals surface area contributed by atoms with E-state index in [1.54, 1.807) is 0 Å². The molecule has 1 aromatic carbocycles. The molecule has 1 N–H and O–H groups in total. The van der Waals surface area contributed by atoms with Gasteiger partial charge in [-0.1, -0.05) is 30.3 Å². The number of nitrogens with one attached hydrogen (secondary N) is 1. The summed E-state index contributed by atoms with van der Waals surface area (Å²) in [5.74, 6) is 0.538.